The third kappa shape index (κ3) is 5.33. The molecule has 0 aliphatic heterocycles. The van der Waals surface area contributed by atoms with Gasteiger partial charge >= 0.3 is 0 Å². The number of nitrogens with one attached hydrogen (secondary N) is 2. The number of nitro groups is 2. The molecule has 0 spiro atoms. The van der Waals surface area contributed by atoms with Crippen molar-refractivity contribution in [1.29, 1.82) is 0 Å². The maximum absolute atomic E-state index is 12.1. The van der Waals surface area contributed by atoms with Gasteiger partial charge in [-0.3, -0.25) is 29.8 Å². The molecule has 2 aromatic rings. The lowest BCUT2D eigenvalue weighted by molar-refractivity contribution is -0.385. The summed E-state index contributed by atoms with van der Waals surface area (Å²) in [7, 11) is 0. The fourth-order valence-electron chi connectivity index (χ4n) is 2.18. The summed E-state index contributed by atoms with van der Waals surface area (Å²) in [6.45, 7) is 1.81. The van der Waals surface area contributed by atoms with E-state index in [1.54, 1.807) is 6.92 Å². The molecule has 0 fully saturated rings. The number of carbonyl (C=O) groups is 2. The highest BCUT2D eigenvalue weighted by molar-refractivity contribution is 5.95. The van der Waals surface area contributed by atoms with Crippen molar-refractivity contribution in [2.45, 2.75) is 13.0 Å². The molecule has 1 atom stereocenters. The maximum atomic E-state index is 12.1. The van der Waals surface area contributed by atoms with Crippen LogP contribution in [0.1, 0.15) is 27.6 Å². The van der Waals surface area contributed by atoms with Crippen molar-refractivity contribution < 1.29 is 19.4 Å². The van der Waals surface area contributed by atoms with E-state index >= 15 is 0 Å². The number of nitro benzene ring substituents is 2. The fraction of sp³-hybridized carbons (Fsp3) is 0.176. The average molecular weight is 372 g/mol. The smallest absolute Gasteiger partial charge is 0.269 e. The van der Waals surface area contributed by atoms with Gasteiger partial charge in [0.15, 0.2) is 0 Å². The summed E-state index contributed by atoms with van der Waals surface area (Å²) in [5, 5.41) is 26.5. The Morgan fingerprint density at radius 2 is 1.26 bits per heavy atom. The minimum Gasteiger partial charge on any atom is -0.350 e. The van der Waals surface area contributed by atoms with Gasteiger partial charge in [-0.05, 0) is 31.2 Å². The summed E-state index contributed by atoms with van der Waals surface area (Å²) >= 11 is 0. The zero-order valence-electron chi connectivity index (χ0n) is 14.2. The molecular formula is C17H16N4O6. The molecular weight excluding hydrogens is 356 g/mol. The highest BCUT2D eigenvalue weighted by Gasteiger charge is 2.14. The molecule has 0 aromatic heterocycles. The molecule has 10 nitrogen and oxygen atoms in total. The van der Waals surface area contributed by atoms with Crippen LogP contribution in [0, 0.1) is 20.2 Å². The second-order valence-corrected chi connectivity index (χ2v) is 5.69. The van der Waals surface area contributed by atoms with Crippen LogP contribution >= 0.6 is 0 Å². The third-order valence-corrected chi connectivity index (χ3v) is 3.63. The van der Waals surface area contributed by atoms with Gasteiger partial charge in [-0.15, -0.1) is 0 Å². The molecule has 10 heteroatoms. The highest BCUT2D eigenvalue weighted by atomic mass is 16.6. The summed E-state index contributed by atoms with van der Waals surface area (Å²) in [5.74, 6) is -0.858. The van der Waals surface area contributed by atoms with E-state index in [-0.39, 0.29) is 29.0 Å². The molecule has 2 rings (SSSR count). The van der Waals surface area contributed by atoms with Crippen LogP contribution in [-0.2, 0) is 0 Å². The minimum absolute atomic E-state index is 0.115. The highest BCUT2D eigenvalue weighted by Crippen LogP contribution is 2.13. The largest absolute Gasteiger partial charge is 0.350 e. The van der Waals surface area contributed by atoms with Gasteiger partial charge in [-0.2, -0.15) is 0 Å². The standard InChI is InChI=1S/C17H16N4O6/c1-11(19-17(23)13-4-8-15(9-5-13)21(26)27)10-18-16(22)12-2-6-14(7-3-12)20(24)25/h2-9,11H,10H2,1H3,(H,18,22)(H,19,23). The summed E-state index contributed by atoms with van der Waals surface area (Å²) in [6.07, 6.45) is 0. The van der Waals surface area contributed by atoms with E-state index < -0.39 is 27.7 Å². The van der Waals surface area contributed by atoms with Crippen molar-refractivity contribution in [3.8, 4) is 0 Å². The number of non-ortho nitro benzene ring substituents is 2. The molecule has 0 saturated heterocycles. The van der Waals surface area contributed by atoms with E-state index in [0.29, 0.717) is 0 Å². The number of carbonyl (C=O) groups excluding carboxylic acids is 2. The first-order valence-electron chi connectivity index (χ1n) is 7.86. The zero-order valence-corrected chi connectivity index (χ0v) is 14.2. The predicted molar refractivity (Wildman–Crippen MR) is 95.5 cm³/mol. The number of rotatable bonds is 7. The number of nitrogens with zero attached hydrogens (tertiary/aromatic N) is 2. The number of amides is 2. The Morgan fingerprint density at radius 1 is 0.852 bits per heavy atom. The Kier molecular flexibility index (Phi) is 6.15. The van der Waals surface area contributed by atoms with Crippen LogP contribution in [0.25, 0.3) is 0 Å². The lowest BCUT2D eigenvalue weighted by atomic mass is 10.1. The van der Waals surface area contributed by atoms with Crippen LogP contribution in [0.15, 0.2) is 48.5 Å². The quantitative estimate of drug-likeness (QED) is 0.562. The minimum atomic E-state index is -0.558. The van der Waals surface area contributed by atoms with Crippen molar-refractivity contribution >= 4 is 23.2 Å². The van der Waals surface area contributed by atoms with Gasteiger partial charge in [0.1, 0.15) is 0 Å². The molecule has 0 bridgehead atoms. The van der Waals surface area contributed by atoms with E-state index in [2.05, 4.69) is 10.6 Å². The van der Waals surface area contributed by atoms with Gasteiger partial charge < -0.3 is 10.6 Å². The molecule has 0 aliphatic carbocycles. The van der Waals surface area contributed by atoms with Crippen LogP contribution in [-0.4, -0.2) is 34.2 Å². The van der Waals surface area contributed by atoms with Gasteiger partial charge in [-0.25, -0.2) is 0 Å². The topological polar surface area (TPSA) is 144 Å². The first kappa shape index (κ1) is 19.5. The Hall–Kier alpha value is -3.82. The van der Waals surface area contributed by atoms with Crippen molar-refractivity contribution in [3.05, 3.63) is 79.9 Å². The van der Waals surface area contributed by atoms with Gasteiger partial charge in [-0.1, -0.05) is 0 Å². The first-order valence-corrected chi connectivity index (χ1v) is 7.86. The van der Waals surface area contributed by atoms with E-state index in [1.165, 1.54) is 48.5 Å². The van der Waals surface area contributed by atoms with Crippen molar-refractivity contribution in [2.24, 2.45) is 0 Å². The summed E-state index contributed by atoms with van der Waals surface area (Å²) in [4.78, 5) is 44.2. The number of benzene rings is 2. The lowest BCUT2D eigenvalue weighted by Crippen LogP contribution is -2.41. The molecule has 140 valence electrons. The van der Waals surface area contributed by atoms with Crippen LogP contribution < -0.4 is 10.6 Å². The molecule has 0 aliphatic rings. The maximum Gasteiger partial charge on any atom is 0.269 e. The second kappa shape index (κ2) is 8.52. The van der Waals surface area contributed by atoms with Gasteiger partial charge in [0.25, 0.3) is 23.2 Å². The van der Waals surface area contributed by atoms with Gasteiger partial charge in [0.05, 0.1) is 9.85 Å². The Morgan fingerprint density at radius 3 is 1.67 bits per heavy atom. The summed E-state index contributed by atoms with van der Waals surface area (Å²) < 4.78 is 0. The molecule has 0 saturated carbocycles. The molecule has 1 unspecified atom stereocenters. The normalized spacial score (nSPS) is 11.3. The van der Waals surface area contributed by atoms with Crippen LogP contribution in [0.5, 0.6) is 0 Å². The first-order chi connectivity index (χ1) is 12.8. The summed E-state index contributed by atoms with van der Waals surface area (Å²) in [6, 6.07) is 9.89. The molecule has 2 amide bonds. The third-order valence-electron chi connectivity index (χ3n) is 3.63. The predicted octanol–water partition coefficient (Wildman–Crippen LogP) is 2.05. The molecule has 27 heavy (non-hydrogen) atoms. The van der Waals surface area contributed by atoms with Crippen molar-refractivity contribution in [3.63, 3.8) is 0 Å². The van der Waals surface area contributed by atoms with Crippen molar-refractivity contribution in [2.75, 3.05) is 6.54 Å². The van der Waals surface area contributed by atoms with Crippen LogP contribution in [0.3, 0.4) is 0 Å². The van der Waals surface area contributed by atoms with Gasteiger partial charge in [0, 0.05) is 48.0 Å². The second-order valence-electron chi connectivity index (χ2n) is 5.69. The Balaban J connectivity index is 1.86. The molecule has 0 heterocycles. The molecule has 2 aromatic carbocycles. The monoisotopic (exact) mass is 372 g/mol. The Labute approximate surface area is 153 Å². The van der Waals surface area contributed by atoms with Crippen LogP contribution in [0.2, 0.25) is 0 Å². The van der Waals surface area contributed by atoms with Gasteiger partial charge in [0.2, 0.25) is 0 Å². The summed E-state index contributed by atoms with van der Waals surface area (Å²) in [5.41, 5.74) is 0.286. The number of hydrogen-bond acceptors (Lipinski definition) is 6. The molecule has 2 N–H and O–H groups in total. The Bertz CT molecular complexity index is 864. The van der Waals surface area contributed by atoms with E-state index in [0.717, 1.165) is 0 Å². The van der Waals surface area contributed by atoms with E-state index in [9.17, 15) is 29.8 Å². The van der Waals surface area contributed by atoms with E-state index in [1.807, 2.05) is 0 Å². The lowest BCUT2D eigenvalue weighted by Gasteiger charge is -2.15. The molecule has 0 radical (unpaired) electrons. The average Bonchev–Trinajstić information content (AvgIpc) is 2.66. The SMILES string of the molecule is CC(CNC(=O)c1ccc([N+](=O)[O-])cc1)NC(=O)c1ccc([N+](=O)[O-])cc1. The van der Waals surface area contributed by atoms with Crippen molar-refractivity contribution in [1.82, 2.24) is 10.6 Å². The fourth-order valence-corrected chi connectivity index (χ4v) is 2.18. The zero-order chi connectivity index (χ0) is 20.0. The van der Waals surface area contributed by atoms with Crippen LogP contribution in [0.4, 0.5) is 11.4 Å². The number of hydrogen-bond donors (Lipinski definition) is 2. The van der Waals surface area contributed by atoms with E-state index in [4.69, 9.17) is 0 Å².